The first-order valence-corrected chi connectivity index (χ1v) is 5.52. The molecular weight excluding hydrogens is 202 g/mol. The highest BCUT2D eigenvalue weighted by atomic mass is 32.1. The average Bonchev–Trinajstić information content (AvgIpc) is 2.76. The molecule has 3 N–H and O–H groups in total. The molecule has 0 spiro atoms. The van der Waals surface area contributed by atoms with Gasteiger partial charge in [-0.2, -0.15) is 11.3 Å². The first-order chi connectivity index (χ1) is 6.42. The SMILES string of the molecule is NNC(c1ccsc1)c1ccns1. The molecule has 0 aliphatic rings. The van der Waals surface area contributed by atoms with Crippen LogP contribution in [0.5, 0.6) is 0 Å². The third kappa shape index (κ3) is 1.78. The Morgan fingerprint density at radius 2 is 2.38 bits per heavy atom. The second-order valence-electron chi connectivity index (χ2n) is 2.57. The van der Waals surface area contributed by atoms with Gasteiger partial charge in [-0.05, 0) is 40.0 Å². The molecule has 0 amide bonds. The Morgan fingerprint density at radius 3 is 2.92 bits per heavy atom. The summed E-state index contributed by atoms with van der Waals surface area (Å²) in [7, 11) is 0. The van der Waals surface area contributed by atoms with Gasteiger partial charge in [0.15, 0.2) is 0 Å². The molecule has 2 heterocycles. The van der Waals surface area contributed by atoms with Crippen LogP contribution in [0.1, 0.15) is 16.5 Å². The number of nitrogens with one attached hydrogen (secondary N) is 1. The Bertz CT molecular complexity index is 307. The highest BCUT2D eigenvalue weighted by molar-refractivity contribution is 7.08. The fraction of sp³-hybridized carbons (Fsp3) is 0.125. The molecule has 0 aromatic carbocycles. The van der Waals surface area contributed by atoms with Gasteiger partial charge in [-0.25, -0.2) is 9.80 Å². The molecule has 3 nitrogen and oxygen atoms in total. The number of hydrazine groups is 1. The third-order valence-corrected chi connectivity index (χ3v) is 3.30. The standard InChI is InChI=1S/C8H9N3S2/c9-11-8(6-2-4-12-5-6)7-1-3-10-13-7/h1-5,8,11H,9H2. The Kier molecular flexibility index (Phi) is 2.70. The summed E-state index contributed by atoms with van der Waals surface area (Å²) in [6.07, 6.45) is 1.79. The van der Waals surface area contributed by atoms with Gasteiger partial charge in [-0.3, -0.25) is 5.84 Å². The molecule has 2 rings (SSSR count). The maximum atomic E-state index is 5.49. The van der Waals surface area contributed by atoms with Gasteiger partial charge >= 0.3 is 0 Å². The van der Waals surface area contributed by atoms with E-state index in [1.165, 1.54) is 17.1 Å². The van der Waals surface area contributed by atoms with Crippen molar-refractivity contribution in [2.45, 2.75) is 6.04 Å². The molecular formula is C8H9N3S2. The van der Waals surface area contributed by atoms with Crippen LogP contribution in [0.4, 0.5) is 0 Å². The highest BCUT2D eigenvalue weighted by Gasteiger charge is 2.13. The van der Waals surface area contributed by atoms with Gasteiger partial charge < -0.3 is 0 Å². The van der Waals surface area contributed by atoms with Gasteiger partial charge in [0.05, 0.1) is 6.04 Å². The molecule has 13 heavy (non-hydrogen) atoms. The topological polar surface area (TPSA) is 50.9 Å². The van der Waals surface area contributed by atoms with Crippen LogP contribution in [0, 0.1) is 0 Å². The van der Waals surface area contributed by atoms with Crippen molar-refractivity contribution < 1.29 is 0 Å². The molecule has 1 atom stereocenters. The largest absolute Gasteiger partial charge is 0.271 e. The Hall–Kier alpha value is -0.750. The molecule has 0 fully saturated rings. The van der Waals surface area contributed by atoms with Gasteiger partial charge in [0.1, 0.15) is 0 Å². The van der Waals surface area contributed by atoms with Crippen molar-refractivity contribution in [2.24, 2.45) is 5.84 Å². The third-order valence-electron chi connectivity index (χ3n) is 1.79. The number of aromatic nitrogens is 1. The quantitative estimate of drug-likeness (QED) is 0.601. The van der Waals surface area contributed by atoms with E-state index in [1.807, 2.05) is 11.4 Å². The molecule has 1 unspecified atom stereocenters. The van der Waals surface area contributed by atoms with Crippen LogP contribution in [-0.4, -0.2) is 4.37 Å². The molecule has 0 aliphatic carbocycles. The Labute approximate surface area is 84.4 Å². The summed E-state index contributed by atoms with van der Waals surface area (Å²) in [5.41, 5.74) is 3.98. The lowest BCUT2D eigenvalue weighted by Crippen LogP contribution is -2.27. The van der Waals surface area contributed by atoms with Crippen molar-refractivity contribution in [1.29, 1.82) is 0 Å². The van der Waals surface area contributed by atoms with Gasteiger partial charge in [0.2, 0.25) is 0 Å². The molecule has 0 radical (unpaired) electrons. The van der Waals surface area contributed by atoms with Gasteiger partial charge in [-0.15, -0.1) is 0 Å². The zero-order chi connectivity index (χ0) is 9.10. The predicted molar refractivity (Wildman–Crippen MR) is 55.6 cm³/mol. The summed E-state index contributed by atoms with van der Waals surface area (Å²) in [6, 6.07) is 4.13. The van der Waals surface area contributed by atoms with Crippen LogP contribution in [0.2, 0.25) is 0 Å². The van der Waals surface area contributed by atoms with E-state index in [4.69, 9.17) is 5.84 Å². The maximum absolute atomic E-state index is 5.49. The number of rotatable bonds is 3. The minimum Gasteiger partial charge on any atom is -0.271 e. The molecule has 2 aromatic heterocycles. The molecule has 0 saturated carbocycles. The van der Waals surface area contributed by atoms with Crippen molar-refractivity contribution in [3.63, 3.8) is 0 Å². The van der Waals surface area contributed by atoms with E-state index in [-0.39, 0.29) is 6.04 Å². The highest BCUT2D eigenvalue weighted by Crippen LogP contribution is 2.25. The summed E-state index contributed by atoms with van der Waals surface area (Å²) in [4.78, 5) is 1.14. The van der Waals surface area contributed by atoms with Gasteiger partial charge in [-0.1, -0.05) is 0 Å². The predicted octanol–water partition coefficient (Wildman–Crippen LogP) is 1.76. The van der Waals surface area contributed by atoms with E-state index in [9.17, 15) is 0 Å². The normalized spacial score (nSPS) is 13.0. The number of hydrogen-bond acceptors (Lipinski definition) is 5. The number of nitrogens with zero attached hydrogens (tertiary/aromatic N) is 1. The molecule has 5 heteroatoms. The summed E-state index contributed by atoms with van der Waals surface area (Å²) in [5, 5.41) is 4.13. The van der Waals surface area contributed by atoms with Crippen molar-refractivity contribution in [3.05, 3.63) is 39.5 Å². The fourth-order valence-electron chi connectivity index (χ4n) is 1.16. The minimum atomic E-state index is 0.0822. The average molecular weight is 211 g/mol. The zero-order valence-electron chi connectivity index (χ0n) is 6.81. The number of thiophene rings is 1. The van der Waals surface area contributed by atoms with Crippen molar-refractivity contribution in [3.8, 4) is 0 Å². The summed E-state index contributed by atoms with van der Waals surface area (Å²) in [5.74, 6) is 5.49. The minimum absolute atomic E-state index is 0.0822. The maximum Gasteiger partial charge on any atom is 0.0826 e. The Balaban J connectivity index is 2.29. The first kappa shape index (κ1) is 8.83. The van der Waals surface area contributed by atoms with Crippen LogP contribution >= 0.6 is 22.9 Å². The van der Waals surface area contributed by atoms with E-state index in [2.05, 4.69) is 21.2 Å². The Morgan fingerprint density at radius 1 is 1.46 bits per heavy atom. The van der Waals surface area contributed by atoms with Crippen LogP contribution in [0.3, 0.4) is 0 Å². The molecule has 0 bridgehead atoms. The van der Waals surface area contributed by atoms with E-state index in [1.54, 1.807) is 17.5 Å². The van der Waals surface area contributed by atoms with Crippen LogP contribution in [-0.2, 0) is 0 Å². The zero-order valence-corrected chi connectivity index (χ0v) is 8.44. The summed E-state index contributed by atoms with van der Waals surface area (Å²) in [6.45, 7) is 0. The molecule has 2 aromatic rings. The number of nitrogens with two attached hydrogens (primary N) is 1. The summed E-state index contributed by atoms with van der Waals surface area (Å²) < 4.78 is 4.05. The van der Waals surface area contributed by atoms with Crippen molar-refractivity contribution in [2.75, 3.05) is 0 Å². The van der Waals surface area contributed by atoms with Crippen LogP contribution in [0.15, 0.2) is 29.1 Å². The number of hydrogen-bond donors (Lipinski definition) is 2. The smallest absolute Gasteiger partial charge is 0.0826 e. The van der Waals surface area contributed by atoms with E-state index < -0.39 is 0 Å². The lowest BCUT2D eigenvalue weighted by molar-refractivity contribution is 0.648. The van der Waals surface area contributed by atoms with Gasteiger partial charge in [0.25, 0.3) is 0 Å². The molecule has 68 valence electrons. The van der Waals surface area contributed by atoms with Crippen molar-refractivity contribution >= 4 is 22.9 Å². The van der Waals surface area contributed by atoms with E-state index in [0.717, 1.165) is 4.88 Å². The van der Waals surface area contributed by atoms with Crippen molar-refractivity contribution in [1.82, 2.24) is 9.80 Å². The van der Waals surface area contributed by atoms with Crippen LogP contribution in [0.25, 0.3) is 0 Å². The first-order valence-electron chi connectivity index (χ1n) is 3.80. The van der Waals surface area contributed by atoms with Gasteiger partial charge in [0, 0.05) is 11.1 Å². The fourth-order valence-corrected chi connectivity index (χ4v) is 2.52. The second-order valence-corrected chi connectivity index (χ2v) is 4.22. The molecule has 0 saturated heterocycles. The lowest BCUT2D eigenvalue weighted by Gasteiger charge is -2.11. The molecule has 0 aliphatic heterocycles. The second kappa shape index (κ2) is 3.97. The monoisotopic (exact) mass is 211 g/mol. The lowest BCUT2D eigenvalue weighted by atomic mass is 10.1. The van der Waals surface area contributed by atoms with Crippen LogP contribution < -0.4 is 11.3 Å². The van der Waals surface area contributed by atoms with E-state index >= 15 is 0 Å². The summed E-state index contributed by atoms with van der Waals surface area (Å²) >= 11 is 3.14. The van der Waals surface area contributed by atoms with E-state index in [0.29, 0.717) is 0 Å².